The zero-order valence-electron chi connectivity index (χ0n) is 8.11. The number of nitrogens with one attached hydrogen (secondary N) is 2. The van der Waals surface area contributed by atoms with Gasteiger partial charge in [-0.1, -0.05) is 11.6 Å². The van der Waals surface area contributed by atoms with Crippen LogP contribution in [0.4, 0.5) is 5.82 Å². The van der Waals surface area contributed by atoms with Crippen molar-refractivity contribution >= 4 is 17.4 Å². The largest absolute Gasteiger partial charge is 0.359 e. The monoisotopic (exact) mass is 223 g/mol. The van der Waals surface area contributed by atoms with E-state index in [2.05, 4.69) is 25.5 Å². The molecule has 0 fully saturated rings. The van der Waals surface area contributed by atoms with Gasteiger partial charge in [-0.25, -0.2) is 9.97 Å². The Labute approximate surface area is 91.9 Å². The Bertz CT molecular complexity index is 428. The van der Waals surface area contributed by atoms with E-state index in [-0.39, 0.29) is 6.04 Å². The van der Waals surface area contributed by atoms with Crippen LogP contribution in [0, 0.1) is 0 Å². The normalized spacial score (nSPS) is 12.4. The third kappa shape index (κ3) is 2.24. The van der Waals surface area contributed by atoms with Crippen LogP contribution in [0.2, 0.25) is 5.02 Å². The molecule has 0 spiro atoms. The number of rotatable bonds is 3. The summed E-state index contributed by atoms with van der Waals surface area (Å²) in [4.78, 5) is 8.16. The van der Waals surface area contributed by atoms with Crippen LogP contribution in [-0.2, 0) is 0 Å². The van der Waals surface area contributed by atoms with Gasteiger partial charge in [0.05, 0.1) is 11.1 Å². The lowest BCUT2D eigenvalue weighted by Gasteiger charge is -2.12. The molecule has 2 rings (SSSR count). The van der Waals surface area contributed by atoms with Gasteiger partial charge in [0.25, 0.3) is 0 Å². The molecule has 0 aliphatic heterocycles. The predicted octanol–water partition coefficient (Wildman–Crippen LogP) is 2.03. The molecule has 2 heterocycles. The minimum atomic E-state index is -0.0140. The van der Waals surface area contributed by atoms with Gasteiger partial charge in [-0.05, 0) is 19.1 Å². The van der Waals surface area contributed by atoms with Gasteiger partial charge in [0, 0.05) is 6.20 Å². The molecule has 6 heteroatoms. The molecule has 0 amide bonds. The minimum absolute atomic E-state index is 0.0140. The predicted molar refractivity (Wildman–Crippen MR) is 57.7 cm³/mol. The molecule has 5 nitrogen and oxygen atoms in total. The summed E-state index contributed by atoms with van der Waals surface area (Å²) in [6.45, 7) is 1.95. The maximum atomic E-state index is 5.96. The summed E-state index contributed by atoms with van der Waals surface area (Å²) in [7, 11) is 0. The van der Waals surface area contributed by atoms with E-state index < -0.39 is 0 Å². The van der Waals surface area contributed by atoms with Crippen molar-refractivity contribution in [2.75, 3.05) is 5.32 Å². The zero-order chi connectivity index (χ0) is 10.7. The first kappa shape index (κ1) is 9.92. The Hall–Kier alpha value is -1.62. The number of nitrogens with zero attached hydrogens (tertiary/aromatic N) is 3. The lowest BCUT2D eigenvalue weighted by molar-refractivity contribution is 0.790. The third-order valence-electron chi connectivity index (χ3n) is 1.96. The van der Waals surface area contributed by atoms with Gasteiger partial charge in [-0.15, -0.1) is 0 Å². The number of aromatic nitrogens is 4. The van der Waals surface area contributed by atoms with Crippen molar-refractivity contribution in [3.63, 3.8) is 0 Å². The number of pyridine rings is 1. The second-order valence-electron chi connectivity index (χ2n) is 3.07. The van der Waals surface area contributed by atoms with Crippen LogP contribution in [-0.4, -0.2) is 20.2 Å². The first-order valence-corrected chi connectivity index (χ1v) is 4.87. The van der Waals surface area contributed by atoms with Crippen molar-refractivity contribution < 1.29 is 0 Å². The number of H-pyrrole nitrogens is 1. The van der Waals surface area contributed by atoms with E-state index in [1.54, 1.807) is 18.3 Å². The first-order chi connectivity index (χ1) is 7.27. The van der Waals surface area contributed by atoms with E-state index in [1.165, 1.54) is 6.33 Å². The standard InChI is InChI=1S/C9H10ClN5/c1-6(8-12-5-13-15-8)14-9-7(10)3-2-4-11-9/h2-6H,1H3,(H,11,14)(H,12,13,15). The summed E-state index contributed by atoms with van der Waals surface area (Å²) < 4.78 is 0. The molecule has 15 heavy (non-hydrogen) atoms. The zero-order valence-corrected chi connectivity index (χ0v) is 8.86. The lowest BCUT2D eigenvalue weighted by Crippen LogP contribution is -2.09. The second-order valence-corrected chi connectivity index (χ2v) is 3.48. The fraction of sp³-hybridized carbons (Fsp3) is 0.222. The van der Waals surface area contributed by atoms with Gasteiger partial charge < -0.3 is 5.32 Å². The molecule has 1 unspecified atom stereocenters. The highest BCUT2D eigenvalue weighted by Gasteiger charge is 2.10. The molecule has 78 valence electrons. The molecular formula is C9H10ClN5. The van der Waals surface area contributed by atoms with Gasteiger partial charge in [0.15, 0.2) is 0 Å². The van der Waals surface area contributed by atoms with Crippen LogP contribution in [0.1, 0.15) is 18.8 Å². The fourth-order valence-corrected chi connectivity index (χ4v) is 1.36. The number of hydrogen-bond donors (Lipinski definition) is 2. The van der Waals surface area contributed by atoms with Crippen molar-refractivity contribution in [1.29, 1.82) is 0 Å². The van der Waals surface area contributed by atoms with Gasteiger partial charge >= 0.3 is 0 Å². The Morgan fingerprint density at radius 2 is 2.33 bits per heavy atom. The van der Waals surface area contributed by atoms with Crippen molar-refractivity contribution in [2.24, 2.45) is 0 Å². The summed E-state index contributed by atoms with van der Waals surface area (Å²) in [6, 6.07) is 3.55. The molecule has 2 aromatic rings. The molecule has 0 saturated heterocycles. The van der Waals surface area contributed by atoms with Crippen molar-refractivity contribution in [2.45, 2.75) is 13.0 Å². The quantitative estimate of drug-likeness (QED) is 0.836. The average molecular weight is 224 g/mol. The highest BCUT2D eigenvalue weighted by molar-refractivity contribution is 6.32. The molecule has 0 bridgehead atoms. The van der Waals surface area contributed by atoms with Crippen LogP contribution in [0.25, 0.3) is 0 Å². The van der Waals surface area contributed by atoms with Crippen molar-refractivity contribution in [1.82, 2.24) is 20.2 Å². The SMILES string of the molecule is CC(Nc1ncccc1Cl)c1ncn[nH]1. The molecule has 0 aliphatic carbocycles. The third-order valence-corrected chi connectivity index (χ3v) is 2.26. The van der Waals surface area contributed by atoms with Gasteiger partial charge in [0.2, 0.25) is 0 Å². The molecule has 0 saturated carbocycles. The summed E-state index contributed by atoms with van der Waals surface area (Å²) >= 11 is 5.96. The number of anilines is 1. The minimum Gasteiger partial charge on any atom is -0.359 e. The fourth-order valence-electron chi connectivity index (χ4n) is 1.19. The van der Waals surface area contributed by atoms with Gasteiger partial charge in [-0.2, -0.15) is 5.10 Å². The molecular weight excluding hydrogens is 214 g/mol. The van der Waals surface area contributed by atoms with Crippen LogP contribution < -0.4 is 5.32 Å². The van der Waals surface area contributed by atoms with Gasteiger partial charge in [0.1, 0.15) is 18.0 Å². The number of halogens is 1. The Balaban J connectivity index is 2.13. The second kappa shape index (κ2) is 4.27. The highest BCUT2D eigenvalue weighted by atomic mass is 35.5. The molecule has 0 aromatic carbocycles. The molecule has 2 aromatic heterocycles. The Kier molecular flexibility index (Phi) is 2.82. The van der Waals surface area contributed by atoms with Gasteiger partial charge in [-0.3, -0.25) is 5.10 Å². The number of aromatic amines is 1. The summed E-state index contributed by atoms with van der Waals surface area (Å²) in [5.41, 5.74) is 0. The van der Waals surface area contributed by atoms with E-state index in [0.717, 1.165) is 5.82 Å². The smallest absolute Gasteiger partial charge is 0.146 e. The molecule has 0 aliphatic rings. The molecule has 0 radical (unpaired) electrons. The van der Waals surface area contributed by atoms with Crippen molar-refractivity contribution in [3.8, 4) is 0 Å². The topological polar surface area (TPSA) is 66.5 Å². The Morgan fingerprint density at radius 3 is 3.00 bits per heavy atom. The average Bonchev–Trinajstić information content (AvgIpc) is 2.74. The Morgan fingerprint density at radius 1 is 1.47 bits per heavy atom. The maximum absolute atomic E-state index is 5.96. The lowest BCUT2D eigenvalue weighted by atomic mass is 10.3. The van der Waals surface area contributed by atoms with E-state index in [0.29, 0.717) is 10.8 Å². The van der Waals surface area contributed by atoms with Crippen LogP contribution in [0.15, 0.2) is 24.7 Å². The maximum Gasteiger partial charge on any atom is 0.146 e. The number of hydrogen-bond acceptors (Lipinski definition) is 4. The van der Waals surface area contributed by atoms with E-state index in [4.69, 9.17) is 11.6 Å². The first-order valence-electron chi connectivity index (χ1n) is 4.49. The van der Waals surface area contributed by atoms with E-state index in [1.807, 2.05) is 6.92 Å². The van der Waals surface area contributed by atoms with Crippen LogP contribution >= 0.6 is 11.6 Å². The van der Waals surface area contributed by atoms with E-state index >= 15 is 0 Å². The van der Waals surface area contributed by atoms with Crippen molar-refractivity contribution in [3.05, 3.63) is 35.5 Å². The van der Waals surface area contributed by atoms with Crippen LogP contribution in [0.5, 0.6) is 0 Å². The van der Waals surface area contributed by atoms with Crippen LogP contribution in [0.3, 0.4) is 0 Å². The van der Waals surface area contributed by atoms with E-state index in [9.17, 15) is 0 Å². The summed E-state index contributed by atoms with van der Waals surface area (Å²) in [6.07, 6.45) is 3.15. The molecule has 1 atom stereocenters. The summed E-state index contributed by atoms with van der Waals surface area (Å²) in [5.74, 6) is 1.39. The summed E-state index contributed by atoms with van der Waals surface area (Å²) in [5, 5.41) is 10.3. The highest BCUT2D eigenvalue weighted by Crippen LogP contribution is 2.21. The molecule has 2 N–H and O–H groups in total.